The van der Waals surface area contributed by atoms with Crippen LogP contribution in [0.1, 0.15) is 49.8 Å². The van der Waals surface area contributed by atoms with Crippen LogP contribution in [0.5, 0.6) is 0 Å². The second kappa shape index (κ2) is 11.1. The van der Waals surface area contributed by atoms with Crippen LogP contribution in [0.2, 0.25) is 0 Å². The van der Waals surface area contributed by atoms with Gasteiger partial charge in [0.1, 0.15) is 5.82 Å². The number of halogens is 3. The molecular formula is C25H25F3N6O2S. The van der Waals surface area contributed by atoms with Crippen LogP contribution in [0.25, 0.3) is 22.3 Å². The number of nitrogens with one attached hydrogen (secondary N) is 3. The highest BCUT2D eigenvalue weighted by molar-refractivity contribution is 7.60. The zero-order valence-electron chi connectivity index (χ0n) is 19.9. The lowest BCUT2D eigenvalue weighted by Gasteiger charge is -2.28. The molecule has 194 valence electrons. The monoisotopic (exact) mass is 530 g/mol. The molecule has 37 heavy (non-hydrogen) atoms. The van der Waals surface area contributed by atoms with Crippen molar-refractivity contribution in [2.75, 3.05) is 5.32 Å². The molecule has 2 atom stereocenters. The Kier molecular flexibility index (Phi) is 7.86. The molecule has 2 aromatic heterocycles. The molecule has 12 heteroatoms. The number of fused-ring (bicyclic) bond motifs is 1. The van der Waals surface area contributed by atoms with E-state index >= 15 is 0 Å². The average molecular weight is 531 g/mol. The molecule has 0 aliphatic heterocycles. The Balaban J connectivity index is 0.000000747. The van der Waals surface area contributed by atoms with Gasteiger partial charge in [0.05, 0.1) is 11.1 Å². The zero-order chi connectivity index (χ0) is 26.6. The third-order valence-electron chi connectivity index (χ3n) is 6.43. The molecule has 0 radical (unpaired) electrons. The van der Waals surface area contributed by atoms with E-state index in [9.17, 15) is 13.2 Å². The Labute approximate surface area is 212 Å². The minimum absolute atomic E-state index is 0.0229. The third-order valence-corrected chi connectivity index (χ3v) is 6.43. The van der Waals surface area contributed by atoms with Gasteiger partial charge in [0.25, 0.3) is 0 Å². The van der Waals surface area contributed by atoms with E-state index in [0.717, 1.165) is 48.3 Å². The number of anilines is 2. The normalized spacial score (nSPS) is 17.6. The standard InChI is InChI=1S/C25H24F3N5.HNO2S/c1-15-8-2-3-9-16(15)21-14-22(31-24-18-11-5-7-13-20(18)32-33-24)30-23(29-21)17-10-4-6-12-19(17)25(26,27)28;1-4(2)3/h4-7,10-16H,2-3,8-9H2,1H3,(H2,29,30,31,32,33);1H. The van der Waals surface area contributed by atoms with E-state index in [-0.39, 0.29) is 17.3 Å². The van der Waals surface area contributed by atoms with Crippen LogP contribution in [-0.4, -0.2) is 28.6 Å². The van der Waals surface area contributed by atoms with Crippen LogP contribution in [0.3, 0.4) is 0 Å². The first-order valence-corrected chi connectivity index (χ1v) is 12.8. The maximum Gasteiger partial charge on any atom is 0.417 e. The van der Waals surface area contributed by atoms with Gasteiger partial charge in [-0.05, 0) is 30.5 Å². The molecule has 8 nitrogen and oxygen atoms in total. The lowest BCUT2D eigenvalue weighted by molar-refractivity contribution is -0.137. The molecule has 3 N–H and O–H groups in total. The van der Waals surface area contributed by atoms with Gasteiger partial charge in [-0.1, -0.05) is 56.5 Å². The van der Waals surface area contributed by atoms with Crippen LogP contribution in [-0.2, 0) is 16.7 Å². The van der Waals surface area contributed by atoms with E-state index < -0.39 is 22.2 Å². The number of alkyl halides is 3. The first-order valence-electron chi connectivity index (χ1n) is 11.7. The fourth-order valence-corrected chi connectivity index (χ4v) is 4.70. The summed E-state index contributed by atoms with van der Waals surface area (Å²) in [6, 6.07) is 15.0. The second-order valence-electron chi connectivity index (χ2n) is 8.89. The summed E-state index contributed by atoms with van der Waals surface area (Å²) in [4.78, 5) is 9.17. The molecule has 2 aromatic carbocycles. The van der Waals surface area contributed by atoms with Crippen LogP contribution in [0.4, 0.5) is 24.8 Å². The first-order chi connectivity index (χ1) is 17.6. The number of hydrogen-bond acceptors (Lipinski definition) is 7. The van der Waals surface area contributed by atoms with Crippen LogP contribution < -0.4 is 5.32 Å². The summed E-state index contributed by atoms with van der Waals surface area (Å²) in [6.07, 6.45) is -0.212. The summed E-state index contributed by atoms with van der Waals surface area (Å²) < 4.78 is 64.1. The van der Waals surface area contributed by atoms with Gasteiger partial charge in [-0.3, -0.25) is 5.10 Å². The minimum Gasteiger partial charge on any atom is -0.323 e. The molecule has 1 aliphatic rings. The molecule has 1 aliphatic carbocycles. The summed E-state index contributed by atoms with van der Waals surface area (Å²) in [5.41, 5.74) is 0.865. The maximum atomic E-state index is 13.7. The van der Waals surface area contributed by atoms with E-state index in [1.807, 2.05) is 30.3 Å². The number of hydrogen-bond donors (Lipinski definition) is 3. The van der Waals surface area contributed by atoms with E-state index in [2.05, 4.69) is 32.4 Å². The SMILES string of the molecule is CC1CCCCC1c1cc(Nc2n[nH]c3ccccc23)nc(-c2ccccc2C(F)(F)F)n1.N=S(=O)=O. The molecule has 1 fully saturated rings. The zero-order valence-corrected chi connectivity index (χ0v) is 20.7. The van der Waals surface area contributed by atoms with Crippen molar-refractivity contribution in [3.63, 3.8) is 0 Å². The number of H-pyrrole nitrogens is 1. The van der Waals surface area contributed by atoms with Gasteiger partial charge in [0.2, 0.25) is 0 Å². The number of nitrogens with zero attached hydrogens (tertiary/aromatic N) is 3. The highest BCUT2D eigenvalue weighted by Crippen LogP contribution is 2.40. The molecule has 1 saturated carbocycles. The van der Waals surface area contributed by atoms with E-state index in [1.54, 1.807) is 6.07 Å². The van der Waals surface area contributed by atoms with Gasteiger partial charge in [0.15, 0.2) is 11.6 Å². The Morgan fingerprint density at radius 1 is 1.03 bits per heavy atom. The highest BCUT2D eigenvalue weighted by Gasteiger charge is 2.34. The first kappa shape index (κ1) is 26.3. The molecule has 0 bridgehead atoms. The fraction of sp³-hybridized carbons (Fsp3) is 0.320. The van der Waals surface area contributed by atoms with E-state index in [0.29, 0.717) is 17.6 Å². The van der Waals surface area contributed by atoms with Crippen molar-refractivity contribution in [1.29, 1.82) is 4.78 Å². The van der Waals surface area contributed by atoms with Gasteiger partial charge in [-0.15, -0.1) is 0 Å². The van der Waals surface area contributed by atoms with Crippen molar-refractivity contribution in [3.05, 3.63) is 65.9 Å². The maximum absolute atomic E-state index is 13.7. The fourth-order valence-electron chi connectivity index (χ4n) is 4.70. The van der Waals surface area contributed by atoms with Crippen molar-refractivity contribution in [2.24, 2.45) is 5.92 Å². The van der Waals surface area contributed by atoms with Gasteiger partial charge in [-0.2, -0.15) is 31.5 Å². The number of para-hydroxylation sites is 1. The summed E-state index contributed by atoms with van der Waals surface area (Å²) >= 11 is 0. The molecule has 4 aromatic rings. The Bertz CT molecular complexity index is 1500. The number of benzene rings is 2. The smallest absolute Gasteiger partial charge is 0.323 e. The molecular weight excluding hydrogens is 505 g/mol. The van der Waals surface area contributed by atoms with Gasteiger partial charge in [0, 0.05) is 28.6 Å². The van der Waals surface area contributed by atoms with Crippen molar-refractivity contribution >= 4 is 33.0 Å². The number of aromatic nitrogens is 4. The van der Waals surface area contributed by atoms with Gasteiger partial charge < -0.3 is 5.32 Å². The Morgan fingerprint density at radius 2 is 1.70 bits per heavy atom. The number of aromatic amines is 1. The van der Waals surface area contributed by atoms with Crippen LogP contribution >= 0.6 is 0 Å². The number of rotatable bonds is 4. The molecule has 5 rings (SSSR count). The van der Waals surface area contributed by atoms with Gasteiger partial charge in [-0.25, -0.2) is 9.97 Å². The predicted octanol–water partition coefficient (Wildman–Crippen LogP) is 6.70. The molecule has 0 spiro atoms. The summed E-state index contributed by atoms with van der Waals surface area (Å²) in [6.45, 7) is 2.18. The van der Waals surface area contributed by atoms with Crippen molar-refractivity contribution < 1.29 is 21.6 Å². The third kappa shape index (κ3) is 6.31. The summed E-state index contributed by atoms with van der Waals surface area (Å²) in [7, 11) is -2.61. The Morgan fingerprint density at radius 3 is 2.43 bits per heavy atom. The topological polar surface area (TPSA) is 124 Å². The quantitative estimate of drug-likeness (QED) is 0.270. The highest BCUT2D eigenvalue weighted by atomic mass is 32.2. The van der Waals surface area contributed by atoms with Crippen molar-refractivity contribution in [2.45, 2.75) is 44.7 Å². The summed E-state index contributed by atoms with van der Waals surface area (Å²) in [5, 5.41) is 11.4. The van der Waals surface area contributed by atoms with Crippen LogP contribution in [0.15, 0.2) is 54.6 Å². The molecule has 2 heterocycles. The minimum atomic E-state index is -4.50. The molecule has 2 unspecified atom stereocenters. The van der Waals surface area contributed by atoms with Crippen molar-refractivity contribution in [3.8, 4) is 11.4 Å². The second-order valence-corrected chi connectivity index (χ2v) is 9.36. The average Bonchev–Trinajstić information content (AvgIpc) is 3.26. The largest absolute Gasteiger partial charge is 0.417 e. The lowest BCUT2D eigenvalue weighted by Crippen LogP contribution is -2.17. The van der Waals surface area contributed by atoms with E-state index in [1.165, 1.54) is 12.1 Å². The van der Waals surface area contributed by atoms with Crippen molar-refractivity contribution in [1.82, 2.24) is 20.2 Å². The van der Waals surface area contributed by atoms with E-state index in [4.69, 9.17) is 13.2 Å². The molecule has 0 saturated heterocycles. The van der Waals surface area contributed by atoms with Gasteiger partial charge >= 0.3 is 16.7 Å². The Hall–Kier alpha value is -3.80. The lowest BCUT2D eigenvalue weighted by atomic mass is 9.78. The molecule has 0 amide bonds. The predicted molar refractivity (Wildman–Crippen MR) is 134 cm³/mol. The van der Waals surface area contributed by atoms with Crippen LogP contribution in [0, 0.1) is 10.7 Å². The summed E-state index contributed by atoms with van der Waals surface area (Å²) in [5.74, 6) is 1.65.